The molecule has 0 aliphatic carbocycles. The molecule has 2 aromatic carbocycles. The van der Waals surface area contributed by atoms with Crippen molar-refractivity contribution in [2.24, 2.45) is 0 Å². The minimum atomic E-state index is -3.46. The summed E-state index contributed by atoms with van der Waals surface area (Å²) in [5, 5.41) is 0.525. The zero-order valence-corrected chi connectivity index (χ0v) is 14.7. The second kappa shape index (κ2) is 7.81. The normalized spacial score (nSPS) is 12.8. The standard InChI is InChI=1S/C17H20ClNO3S/c1-3-22-17-9-7-15(8-10-17)13(2)19-23(20,21)12-14-5-4-6-16(18)11-14/h4-11,13,19H,3,12H2,1-2H3/t13-/m1/s1. The molecule has 0 fully saturated rings. The Kier molecular flexibility index (Phi) is 6.04. The first-order chi connectivity index (χ1) is 10.9. The SMILES string of the molecule is CCOc1ccc([C@@H](C)NS(=O)(=O)Cc2cccc(Cl)c2)cc1. The van der Waals surface area contributed by atoms with Gasteiger partial charge in [-0.05, 0) is 49.2 Å². The summed E-state index contributed by atoms with van der Waals surface area (Å²) in [6.45, 7) is 4.33. The third-order valence-electron chi connectivity index (χ3n) is 3.29. The number of sulfonamides is 1. The molecule has 0 aromatic heterocycles. The molecule has 2 rings (SSSR count). The second-order valence-electron chi connectivity index (χ2n) is 5.23. The highest BCUT2D eigenvalue weighted by Crippen LogP contribution is 2.19. The molecule has 1 atom stereocenters. The van der Waals surface area contributed by atoms with E-state index in [4.69, 9.17) is 16.3 Å². The Hall–Kier alpha value is -1.56. The predicted octanol–water partition coefficient (Wildman–Crippen LogP) is 3.92. The average Bonchev–Trinajstić information content (AvgIpc) is 2.47. The summed E-state index contributed by atoms with van der Waals surface area (Å²) >= 11 is 5.89. The fourth-order valence-corrected chi connectivity index (χ4v) is 3.83. The number of rotatable bonds is 7. The van der Waals surface area contributed by atoms with Crippen LogP contribution in [0, 0.1) is 0 Å². The molecule has 0 radical (unpaired) electrons. The van der Waals surface area contributed by atoms with Gasteiger partial charge in [-0.25, -0.2) is 13.1 Å². The molecule has 23 heavy (non-hydrogen) atoms. The summed E-state index contributed by atoms with van der Waals surface area (Å²) in [7, 11) is -3.46. The van der Waals surface area contributed by atoms with Gasteiger partial charge in [-0.1, -0.05) is 35.9 Å². The molecule has 0 bridgehead atoms. The number of ether oxygens (including phenoxy) is 1. The van der Waals surface area contributed by atoms with E-state index in [-0.39, 0.29) is 11.8 Å². The van der Waals surface area contributed by atoms with Crippen LogP contribution in [0.1, 0.15) is 31.0 Å². The van der Waals surface area contributed by atoms with Crippen molar-refractivity contribution >= 4 is 21.6 Å². The fourth-order valence-electron chi connectivity index (χ4n) is 2.24. The van der Waals surface area contributed by atoms with Crippen LogP contribution < -0.4 is 9.46 Å². The summed E-state index contributed by atoms with van der Waals surface area (Å²) < 4.78 is 32.6. The lowest BCUT2D eigenvalue weighted by molar-refractivity contribution is 0.340. The smallest absolute Gasteiger partial charge is 0.216 e. The zero-order valence-electron chi connectivity index (χ0n) is 13.1. The first-order valence-electron chi connectivity index (χ1n) is 7.37. The van der Waals surface area contributed by atoms with E-state index in [1.807, 2.05) is 38.1 Å². The van der Waals surface area contributed by atoms with Crippen LogP contribution in [0.3, 0.4) is 0 Å². The third-order valence-corrected chi connectivity index (χ3v) is 4.95. The van der Waals surface area contributed by atoms with Gasteiger partial charge < -0.3 is 4.74 Å². The van der Waals surface area contributed by atoms with E-state index in [0.29, 0.717) is 17.2 Å². The summed E-state index contributed by atoms with van der Waals surface area (Å²) in [5.41, 5.74) is 1.53. The second-order valence-corrected chi connectivity index (χ2v) is 7.42. The van der Waals surface area contributed by atoms with Crippen LogP contribution in [0.25, 0.3) is 0 Å². The maximum atomic E-state index is 12.3. The Balaban J connectivity index is 2.04. The Labute approximate surface area is 142 Å². The maximum Gasteiger partial charge on any atom is 0.216 e. The summed E-state index contributed by atoms with van der Waals surface area (Å²) in [6.07, 6.45) is 0. The first kappa shape index (κ1) is 17.8. The Morgan fingerprint density at radius 2 is 1.87 bits per heavy atom. The highest BCUT2D eigenvalue weighted by Gasteiger charge is 2.16. The Bertz CT molecular complexity index is 745. The molecule has 0 aliphatic heterocycles. The topological polar surface area (TPSA) is 55.4 Å². The molecule has 1 N–H and O–H groups in total. The third kappa shape index (κ3) is 5.53. The highest BCUT2D eigenvalue weighted by molar-refractivity contribution is 7.88. The van der Waals surface area contributed by atoms with Crippen LogP contribution >= 0.6 is 11.6 Å². The van der Waals surface area contributed by atoms with Gasteiger partial charge in [0.25, 0.3) is 0 Å². The zero-order chi connectivity index (χ0) is 16.9. The van der Waals surface area contributed by atoms with Crippen LogP contribution in [0.15, 0.2) is 48.5 Å². The van der Waals surface area contributed by atoms with Gasteiger partial charge in [-0.15, -0.1) is 0 Å². The van der Waals surface area contributed by atoms with E-state index in [0.717, 1.165) is 11.3 Å². The van der Waals surface area contributed by atoms with Gasteiger partial charge in [-0.3, -0.25) is 0 Å². The van der Waals surface area contributed by atoms with E-state index in [2.05, 4.69) is 4.72 Å². The molecule has 0 unspecified atom stereocenters. The van der Waals surface area contributed by atoms with Gasteiger partial charge >= 0.3 is 0 Å². The summed E-state index contributed by atoms with van der Waals surface area (Å²) in [6, 6.07) is 13.9. The first-order valence-corrected chi connectivity index (χ1v) is 9.40. The van der Waals surface area contributed by atoms with E-state index in [1.165, 1.54) is 0 Å². The number of hydrogen-bond donors (Lipinski definition) is 1. The Morgan fingerprint density at radius 1 is 1.17 bits per heavy atom. The maximum absolute atomic E-state index is 12.3. The number of halogens is 1. The van der Waals surface area contributed by atoms with Gasteiger partial charge in [0.05, 0.1) is 12.4 Å². The summed E-state index contributed by atoms with van der Waals surface area (Å²) in [5.74, 6) is 0.666. The fraction of sp³-hybridized carbons (Fsp3) is 0.294. The van der Waals surface area contributed by atoms with E-state index in [9.17, 15) is 8.42 Å². The van der Waals surface area contributed by atoms with Gasteiger partial charge in [0.2, 0.25) is 10.0 Å². The van der Waals surface area contributed by atoms with Crippen molar-refractivity contribution in [1.29, 1.82) is 0 Å². The molecular weight excluding hydrogens is 334 g/mol. The largest absolute Gasteiger partial charge is 0.494 e. The van der Waals surface area contributed by atoms with Crippen molar-refractivity contribution in [3.05, 3.63) is 64.7 Å². The van der Waals surface area contributed by atoms with Crippen LogP contribution in [0.4, 0.5) is 0 Å². The number of benzene rings is 2. The van der Waals surface area contributed by atoms with Crippen molar-refractivity contribution in [3.63, 3.8) is 0 Å². The van der Waals surface area contributed by atoms with Crippen molar-refractivity contribution in [2.45, 2.75) is 25.6 Å². The number of hydrogen-bond acceptors (Lipinski definition) is 3. The van der Waals surface area contributed by atoms with Crippen molar-refractivity contribution in [1.82, 2.24) is 4.72 Å². The molecule has 0 saturated carbocycles. The molecule has 0 amide bonds. The minimum Gasteiger partial charge on any atom is -0.494 e. The number of nitrogens with one attached hydrogen (secondary N) is 1. The van der Waals surface area contributed by atoms with E-state index >= 15 is 0 Å². The van der Waals surface area contributed by atoms with Crippen molar-refractivity contribution < 1.29 is 13.2 Å². The molecule has 4 nitrogen and oxygen atoms in total. The van der Waals surface area contributed by atoms with Gasteiger partial charge in [0.15, 0.2) is 0 Å². The van der Waals surface area contributed by atoms with Crippen LogP contribution in [0.2, 0.25) is 5.02 Å². The average molecular weight is 354 g/mol. The van der Waals surface area contributed by atoms with Gasteiger partial charge in [0.1, 0.15) is 5.75 Å². The monoisotopic (exact) mass is 353 g/mol. The lowest BCUT2D eigenvalue weighted by Gasteiger charge is -2.15. The summed E-state index contributed by atoms with van der Waals surface area (Å²) in [4.78, 5) is 0. The van der Waals surface area contributed by atoms with Crippen LogP contribution in [-0.2, 0) is 15.8 Å². The lowest BCUT2D eigenvalue weighted by atomic mass is 10.1. The molecular formula is C17H20ClNO3S. The van der Waals surface area contributed by atoms with Crippen molar-refractivity contribution in [3.8, 4) is 5.75 Å². The van der Waals surface area contributed by atoms with Gasteiger partial charge in [-0.2, -0.15) is 0 Å². The molecule has 0 spiro atoms. The highest BCUT2D eigenvalue weighted by atomic mass is 35.5. The van der Waals surface area contributed by atoms with E-state index in [1.54, 1.807) is 24.3 Å². The predicted molar refractivity (Wildman–Crippen MR) is 93.2 cm³/mol. The molecule has 0 heterocycles. The van der Waals surface area contributed by atoms with Gasteiger partial charge in [0, 0.05) is 11.1 Å². The minimum absolute atomic E-state index is 0.102. The van der Waals surface area contributed by atoms with Crippen LogP contribution in [-0.4, -0.2) is 15.0 Å². The van der Waals surface area contributed by atoms with Crippen molar-refractivity contribution in [2.75, 3.05) is 6.61 Å². The Morgan fingerprint density at radius 3 is 2.48 bits per heavy atom. The molecule has 0 saturated heterocycles. The quantitative estimate of drug-likeness (QED) is 0.820. The van der Waals surface area contributed by atoms with E-state index < -0.39 is 10.0 Å². The molecule has 2 aromatic rings. The van der Waals surface area contributed by atoms with Crippen LogP contribution in [0.5, 0.6) is 5.75 Å². The lowest BCUT2D eigenvalue weighted by Crippen LogP contribution is -2.28. The molecule has 124 valence electrons. The molecule has 6 heteroatoms. The molecule has 0 aliphatic rings.